The zero-order valence-corrected chi connectivity index (χ0v) is 12.9. The molecule has 21 heavy (non-hydrogen) atoms. The van der Waals surface area contributed by atoms with E-state index in [2.05, 4.69) is 27.4 Å². The van der Waals surface area contributed by atoms with E-state index in [0.717, 1.165) is 21.6 Å². The number of aromatic nitrogens is 2. The number of benzene rings is 1. The molecular weight excluding hydrogens is 282 g/mol. The highest BCUT2D eigenvalue weighted by Gasteiger charge is 2.10. The van der Waals surface area contributed by atoms with Crippen molar-refractivity contribution >= 4 is 27.4 Å². The van der Waals surface area contributed by atoms with Gasteiger partial charge in [0.2, 0.25) is 0 Å². The Labute approximate surface area is 127 Å². The average Bonchev–Trinajstić information content (AvgIpc) is 3.01. The van der Waals surface area contributed by atoms with Crippen molar-refractivity contribution in [1.82, 2.24) is 9.97 Å². The molecule has 4 nitrogen and oxygen atoms in total. The summed E-state index contributed by atoms with van der Waals surface area (Å²) in [6.07, 6.45) is 0.0202. The molecule has 1 aromatic carbocycles. The maximum atomic E-state index is 5.89. The number of rotatable bonds is 5. The quantitative estimate of drug-likeness (QED) is 0.773. The molecule has 3 aromatic rings. The maximum Gasteiger partial charge on any atom is 0.158 e. The number of nitrogens with zero attached hydrogens (tertiary/aromatic N) is 2. The molecule has 0 spiro atoms. The maximum absolute atomic E-state index is 5.89. The van der Waals surface area contributed by atoms with E-state index in [9.17, 15) is 0 Å². The Bertz CT molecular complexity index is 727. The van der Waals surface area contributed by atoms with E-state index in [0.29, 0.717) is 12.4 Å². The van der Waals surface area contributed by atoms with E-state index < -0.39 is 0 Å². The van der Waals surface area contributed by atoms with Gasteiger partial charge in [-0.1, -0.05) is 30.3 Å². The van der Waals surface area contributed by atoms with E-state index in [-0.39, 0.29) is 6.10 Å². The van der Waals surface area contributed by atoms with Crippen LogP contribution in [0.25, 0.3) is 10.2 Å². The normalized spacial score (nSPS) is 12.5. The molecular formula is C16H17N3OS. The molecule has 2 heterocycles. The minimum Gasteiger partial charge on any atom is -0.372 e. The van der Waals surface area contributed by atoms with E-state index in [1.54, 1.807) is 11.3 Å². The van der Waals surface area contributed by atoms with E-state index in [1.807, 2.05) is 43.6 Å². The van der Waals surface area contributed by atoms with Gasteiger partial charge in [-0.05, 0) is 23.9 Å². The van der Waals surface area contributed by atoms with Crippen LogP contribution in [-0.4, -0.2) is 17.0 Å². The molecule has 5 heteroatoms. The van der Waals surface area contributed by atoms with Crippen LogP contribution < -0.4 is 5.32 Å². The van der Waals surface area contributed by atoms with Crippen LogP contribution in [0.4, 0.5) is 5.82 Å². The standard InChI is InChI=1S/C16H17N3OS/c1-11(12-6-4-3-5-7-12)20-10-14-18-15(17-2)13-8-9-21-16(13)19-14/h3-9,11H,10H2,1-2H3,(H,17,18,19). The zero-order valence-electron chi connectivity index (χ0n) is 12.0. The summed E-state index contributed by atoms with van der Waals surface area (Å²) >= 11 is 1.61. The van der Waals surface area contributed by atoms with Gasteiger partial charge in [0, 0.05) is 7.05 Å². The number of fused-ring (bicyclic) bond motifs is 1. The number of thiophene rings is 1. The molecule has 1 N–H and O–H groups in total. The second-order valence-corrected chi connectivity index (χ2v) is 5.64. The highest BCUT2D eigenvalue weighted by Crippen LogP contribution is 2.25. The molecule has 2 aromatic heterocycles. The largest absolute Gasteiger partial charge is 0.372 e. The molecule has 0 amide bonds. The fraction of sp³-hybridized carbons (Fsp3) is 0.250. The molecule has 0 aliphatic heterocycles. The van der Waals surface area contributed by atoms with Gasteiger partial charge in [0.1, 0.15) is 17.3 Å². The molecule has 3 rings (SSSR count). The third-order valence-electron chi connectivity index (χ3n) is 3.34. The number of anilines is 1. The molecule has 0 bridgehead atoms. The van der Waals surface area contributed by atoms with Gasteiger partial charge in [0.05, 0.1) is 11.5 Å². The Kier molecular flexibility index (Phi) is 4.13. The summed E-state index contributed by atoms with van der Waals surface area (Å²) in [4.78, 5) is 10.1. The van der Waals surface area contributed by atoms with Crippen molar-refractivity contribution in [3.63, 3.8) is 0 Å². The number of ether oxygens (including phenoxy) is 1. The van der Waals surface area contributed by atoms with Crippen molar-refractivity contribution in [2.45, 2.75) is 19.6 Å². The highest BCUT2D eigenvalue weighted by atomic mass is 32.1. The van der Waals surface area contributed by atoms with Gasteiger partial charge < -0.3 is 10.1 Å². The van der Waals surface area contributed by atoms with Gasteiger partial charge in [0.25, 0.3) is 0 Å². The van der Waals surface area contributed by atoms with Gasteiger partial charge >= 0.3 is 0 Å². The molecule has 0 aliphatic carbocycles. The second-order valence-electron chi connectivity index (χ2n) is 4.74. The number of nitrogens with one attached hydrogen (secondary N) is 1. The molecule has 0 fully saturated rings. The van der Waals surface area contributed by atoms with Crippen LogP contribution >= 0.6 is 11.3 Å². The van der Waals surface area contributed by atoms with E-state index in [1.165, 1.54) is 0 Å². The first-order chi connectivity index (χ1) is 10.3. The highest BCUT2D eigenvalue weighted by molar-refractivity contribution is 7.16. The average molecular weight is 299 g/mol. The summed E-state index contributed by atoms with van der Waals surface area (Å²) in [6.45, 7) is 2.44. The molecule has 1 unspecified atom stereocenters. The molecule has 0 radical (unpaired) electrons. The zero-order chi connectivity index (χ0) is 14.7. The first-order valence-corrected chi connectivity index (χ1v) is 7.74. The van der Waals surface area contributed by atoms with Crippen LogP contribution in [0.5, 0.6) is 0 Å². The number of hydrogen-bond acceptors (Lipinski definition) is 5. The Hall–Kier alpha value is -1.98. The third kappa shape index (κ3) is 3.04. The first kappa shape index (κ1) is 14.0. The van der Waals surface area contributed by atoms with Gasteiger partial charge in [-0.25, -0.2) is 9.97 Å². The lowest BCUT2D eigenvalue weighted by atomic mass is 10.1. The van der Waals surface area contributed by atoms with Gasteiger partial charge in [-0.15, -0.1) is 11.3 Å². The van der Waals surface area contributed by atoms with Gasteiger partial charge in [-0.3, -0.25) is 0 Å². The summed E-state index contributed by atoms with van der Waals surface area (Å²) in [5.41, 5.74) is 1.16. The van der Waals surface area contributed by atoms with Crippen molar-refractivity contribution in [1.29, 1.82) is 0 Å². The van der Waals surface area contributed by atoms with Crippen molar-refractivity contribution in [3.05, 3.63) is 53.2 Å². The lowest BCUT2D eigenvalue weighted by Gasteiger charge is -2.13. The predicted molar refractivity (Wildman–Crippen MR) is 86.6 cm³/mol. The lowest BCUT2D eigenvalue weighted by Crippen LogP contribution is -2.05. The Morgan fingerprint density at radius 2 is 2.00 bits per heavy atom. The minimum absolute atomic E-state index is 0.0202. The van der Waals surface area contributed by atoms with Gasteiger partial charge in [-0.2, -0.15) is 0 Å². The summed E-state index contributed by atoms with van der Waals surface area (Å²) in [6, 6.07) is 12.2. The molecule has 0 saturated carbocycles. The Morgan fingerprint density at radius 1 is 1.19 bits per heavy atom. The summed E-state index contributed by atoms with van der Waals surface area (Å²) in [7, 11) is 1.87. The first-order valence-electron chi connectivity index (χ1n) is 6.86. The van der Waals surface area contributed by atoms with Crippen LogP contribution in [-0.2, 0) is 11.3 Å². The topological polar surface area (TPSA) is 47.0 Å². The van der Waals surface area contributed by atoms with E-state index in [4.69, 9.17) is 4.74 Å². The monoisotopic (exact) mass is 299 g/mol. The van der Waals surface area contributed by atoms with Crippen molar-refractivity contribution in [2.24, 2.45) is 0 Å². The van der Waals surface area contributed by atoms with Crippen LogP contribution in [0.2, 0.25) is 0 Å². The SMILES string of the molecule is CNc1nc(COC(C)c2ccccc2)nc2sccc12. The molecule has 1 atom stereocenters. The van der Waals surface area contributed by atoms with Crippen molar-refractivity contribution in [2.75, 3.05) is 12.4 Å². The third-order valence-corrected chi connectivity index (χ3v) is 4.15. The summed E-state index contributed by atoms with van der Waals surface area (Å²) in [5.74, 6) is 1.56. The fourth-order valence-corrected chi connectivity index (χ4v) is 2.96. The van der Waals surface area contributed by atoms with Crippen LogP contribution in [0.15, 0.2) is 41.8 Å². The van der Waals surface area contributed by atoms with E-state index >= 15 is 0 Å². The van der Waals surface area contributed by atoms with Crippen LogP contribution in [0, 0.1) is 0 Å². The minimum atomic E-state index is 0.0202. The smallest absolute Gasteiger partial charge is 0.158 e. The van der Waals surface area contributed by atoms with Crippen molar-refractivity contribution < 1.29 is 4.74 Å². The number of hydrogen-bond donors (Lipinski definition) is 1. The summed E-state index contributed by atoms with van der Waals surface area (Å²) < 4.78 is 5.89. The Morgan fingerprint density at radius 3 is 2.76 bits per heavy atom. The fourth-order valence-electron chi connectivity index (χ4n) is 2.17. The summed E-state index contributed by atoms with van der Waals surface area (Å²) in [5, 5.41) is 6.20. The second kappa shape index (κ2) is 6.20. The molecule has 108 valence electrons. The molecule has 0 aliphatic rings. The lowest BCUT2D eigenvalue weighted by molar-refractivity contribution is 0.0486. The predicted octanol–water partition coefficient (Wildman–Crippen LogP) is 4.01. The van der Waals surface area contributed by atoms with Crippen LogP contribution in [0.3, 0.4) is 0 Å². The van der Waals surface area contributed by atoms with Gasteiger partial charge in [0.15, 0.2) is 5.82 Å². The molecule has 0 saturated heterocycles. The van der Waals surface area contributed by atoms with Crippen LogP contribution in [0.1, 0.15) is 24.4 Å². The van der Waals surface area contributed by atoms with Crippen molar-refractivity contribution in [3.8, 4) is 0 Å². The Balaban J connectivity index is 1.76.